The van der Waals surface area contributed by atoms with Crippen molar-refractivity contribution >= 4 is 8.54 Å². The lowest BCUT2D eigenvalue weighted by Gasteiger charge is -2.42. The number of hydrogen-bond acceptors (Lipinski definition) is 0. The third-order valence-corrected chi connectivity index (χ3v) is 3.62. The summed E-state index contributed by atoms with van der Waals surface area (Å²) < 4.78 is 237. The molecule has 0 heterocycles. The van der Waals surface area contributed by atoms with Gasteiger partial charge >= 0.3 is 55.9 Å². The van der Waals surface area contributed by atoms with Crippen LogP contribution in [-0.4, -0.2) is 47.4 Å². The Balaban J connectivity index is 6.72. The lowest BCUT2D eigenvalue weighted by Crippen LogP contribution is -2.74. The smallest absolute Gasteiger partial charge is 0.192 e. The van der Waals surface area contributed by atoms with Crippen molar-refractivity contribution in [2.24, 2.45) is 0 Å². The molecule has 0 aliphatic heterocycles. The molecule has 0 unspecified atom stereocenters. The van der Waals surface area contributed by atoms with Crippen LogP contribution in [-0.2, 0) is 0 Å². The maximum absolute atomic E-state index is 13.0. The molecule has 0 fully saturated rings. The second-order valence-corrected chi connectivity index (χ2v) is 5.75. The zero-order chi connectivity index (χ0) is 23.6. The van der Waals surface area contributed by atoms with Gasteiger partial charge in [-0.3, -0.25) is 0 Å². The Bertz CT molecular complexity index is 569. The molecule has 0 aliphatic rings. The summed E-state index contributed by atoms with van der Waals surface area (Å²) in [5, 5.41) is 0. The van der Waals surface area contributed by atoms with Crippen molar-refractivity contribution in [2.45, 2.75) is 47.4 Å². The predicted octanol–water partition coefficient (Wildman–Crippen LogP) is 7.20. The largest absolute Gasteiger partial charge is 0.460 e. The fourth-order valence-corrected chi connectivity index (χ4v) is 1.61. The fraction of sp³-hybridized carbons (Fsp3) is 1.00. The van der Waals surface area contributed by atoms with Gasteiger partial charge in [-0.2, -0.15) is 83.0 Å². The SMILES string of the molecule is FP(F)C(F)(F)C(F)(F)C(F)(F)C(F)(F)C(F)(F)C(F)(F)C(F)(F)C(F)(F)F. The molecule has 170 valence electrons. The lowest BCUT2D eigenvalue weighted by atomic mass is 9.91. The lowest BCUT2D eigenvalue weighted by molar-refractivity contribution is -0.458. The second kappa shape index (κ2) is 6.55. The van der Waals surface area contributed by atoms with Gasteiger partial charge in [-0.25, -0.2) is 0 Å². The van der Waals surface area contributed by atoms with Gasteiger partial charge in [0.2, 0.25) is 0 Å². The standard InChI is InChI=1S/C8F19P/c9-1(10,3(13,14)5(17,18)7(21,22)23)2(11,12)4(15,16)6(19,20)8(24,25)28(26)27. The minimum atomic E-state index is -8.82. The normalized spacial score (nSPS) is 16.7. The van der Waals surface area contributed by atoms with Crippen LogP contribution in [0.15, 0.2) is 0 Å². The zero-order valence-corrected chi connectivity index (χ0v) is 12.5. The van der Waals surface area contributed by atoms with Crippen molar-refractivity contribution in [2.75, 3.05) is 0 Å². The van der Waals surface area contributed by atoms with E-state index in [4.69, 9.17) is 0 Å². The maximum Gasteiger partial charge on any atom is 0.460 e. The summed E-state index contributed by atoms with van der Waals surface area (Å²) in [5.74, 6) is -51.5. The highest BCUT2D eigenvalue weighted by atomic mass is 31.2. The molecule has 0 saturated carbocycles. The molecule has 0 saturated heterocycles. The summed E-state index contributed by atoms with van der Waals surface area (Å²) in [6.07, 6.45) is -7.86. The molecule has 0 bridgehead atoms. The van der Waals surface area contributed by atoms with Crippen LogP contribution in [0.4, 0.5) is 83.0 Å². The minimum absolute atomic E-state index is 6.71. The van der Waals surface area contributed by atoms with E-state index in [0.717, 1.165) is 0 Å². The summed E-state index contributed by atoms with van der Waals surface area (Å²) >= 11 is 0. The van der Waals surface area contributed by atoms with Gasteiger partial charge in [0, 0.05) is 0 Å². The third kappa shape index (κ3) is 3.14. The van der Waals surface area contributed by atoms with Crippen molar-refractivity contribution in [1.82, 2.24) is 0 Å². The summed E-state index contributed by atoms with van der Waals surface area (Å²) in [5.41, 5.74) is -7.58. The van der Waals surface area contributed by atoms with Crippen molar-refractivity contribution < 1.29 is 83.0 Å². The van der Waals surface area contributed by atoms with E-state index in [2.05, 4.69) is 0 Å². The highest BCUT2D eigenvalue weighted by molar-refractivity contribution is 7.47. The van der Waals surface area contributed by atoms with Gasteiger partial charge in [-0.05, 0) is 0 Å². The molecule has 0 spiro atoms. The molecule has 0 N–H and O–H groups in total. The first kappa shape index (κ1) is 27.1. The van der Waals surface area contributed by atoms with Gasteiger partial charge in [0.1, 0.15) is 0 Å². The molecule has 20 heteroatoms. The number of alkyl halides is 17. The Kier molecular flexibility index (Phi) is 6.34. The first-order valence-electron chi connectivity index (χ1n) is 5.52. The maximum atomic E-state index is 13.0. The van der Waals surface area contributed by atoms with E-state index in [1.54, 1.807) is 0 Å². The van der Waals surface area contributed by atoms with E-state index >= 15 is 0 Å². The summed E-state index contributed by atoms with van der Waals surface area (Å²) in [6, 6.07) is 0. The summed E-state index contributed by atoms with van der Waals surface area (Å²) in [6.45, 7) is 0. The molecule has 0 radical (unpaired) electrons. The fourth-order valence-electron chi connectivity index (χ4n) is 1.26. The van der Waals surface area contributed by atoms with Crippen LogP contribution in [0.5, 0.6) is 0 Å². The molecule has 0 rings (SSSR count). The number of rotatable bonds is 7. The topological polar surface area (TPSA) is 0 Å². The molecule has 0 atom stereocenters. The third-order valence-electron chi connectivity index (χ3n) is 2.92. The van der Waals surface area contributed by atoms with Crippen LogP contribution in [0.1, 0.15) is 0 Å². The van der Waals surface area contributed by atoms with Crippen LogP contribution in [0.3, 0.4) is 0 Å². The zero-order valence-electron chi connectivity index (χ0n) is 11.6. The quantitative estimate of drug-likeness (QED) is 0.263. The van der Waals surface area contributed by atoms with Crippen molar-refractivity contribution in [1.29, 1.82) is 0 Å². The van der Waals surface area contributed by atoms with E-state index in [1.807, 2.05) is 0 Å². The van der Waals surface area contributed by atoms with Crippen molar-refractivity contribution in [3.63, 3.8) is 0 Å². The first-order chi connectivity index (χ1) is 11.7. The Hall–Kier alpha value is -0.900. The first-order valence-corrected chi connectivity index (χ1v) is 6.65. The highest BCUT2D eigenvalue weighted by Gasteiger charge is 2.95. The van der Waals surface area contributed by atoms with Crippen LogP contribution >= 0.6 is 8.54 Å². The van der Waals surface area contributed by atoms with Gasteiger partial charge in [0.25, 0.3) is 0 Å². The average molecular weight is 488 g/mol. The van der Waals surface area contributed by atoms with Crippen molar-refractivity contribution in [3.8, 4) is 0 Å². The van der Waals surface area contributed by atoms with Crippen LogP contribution in [0.25, 0.3) is 0 Å². The summed E-state index contributed by atoms with van der Waals surface area (Å²) in [4.78, 5) is 0. The van der Waals surface area contributed by atoms with E-state index < -0.39 is 55.9 Å². The van der Waals surface area contributed by atoms with Crippen LogP contribution < -0.4 is 0 Å². The van der Waals surface area contributed by atoms with E-state index in [1.165, 1.54) is 0 Å². The molecular formula is C8F19P. The Morgan fingerprint density at radius 3 is 0.750 bits per heavy atom. The van der Waals surface area contributed by atoms with Gasteiger partial charge in [0.15, 0.2) is 0 Å². The Labute approximate surface area is 140 Å². The van der Waals surface area contributed by atoms with E-state index in [9.17, 15) is 83.0 Å². The minimum Gasteiger partial charge on any atom is -0.192 e. The van der Waals surface area contributed by atoms with Gasteiger partial charge in [0.05, 0.1) is 0 Å². The van der Waals surface area contributed by atoms with E-state index in [-0.39, 0.29) is 0 Å². The molecule has 0 nitrogen and oxygen atoms in total. The molecule has 0 aliphatic carbocycles. The predicted molar refractivity (Wildman–Crippen MR) is 49.8 cm³/mol. The molecule has 0 aromatic heterocycles. The second-order valence-electron chi connectivity index (χ2n) is 4.72. The Morgan fingerprint density at radius 2 is 0.536 bits per heavy atom. The van der Waals surface area contributed by atoms with Crippen LogP contribution in [0.2, 0.25) is 0 Å². The van der Waals surface area contributed by atoms with Gasteiger partial charge < -0.3 is 0 Å². The average Bonchev–Trinajstić information content (AvgIpc) is 2.44. The monoisotopic (exact) mass is 488 g/mol. The van der Waals surface area contributed by atoms with Gasteiger partial charge in [-0.1, -0.05) is 0 Å². The van der Waals surface area contributed by atoms with E-state index in [0.29, 0.717) is 0 Å². The van der Waals surface area contributed by atoms with Crippen molar-refractivity contribution in [3.05, 3.63) is 0 Å². The highest BCUT2D eigenvalue weighted by Crippen LogP contribution is 2.69. The molecular weight excluding hydrogens is 488 g/mol. The molecule has 0 aromatic rings. The van der Waals surface area contributed by atoms with Gasteiger partial charge in [-0.15, -0.1) is 0 Å². The number of halogens is 19. The Morgan fingerprint density at radius 1 is 0.321 bits per heavy atom. The molecule has 0 aromatic carbocycles. The number of hydrogen-bond donors (Lipinski definition) is 0. The summed E-state index contributed by atoms with van der Waals surface area (Å²) in [7, 11) is -6.71. The molecule has 28 heavy (non-hydrogen) atoms. The molecule has 0 amide bonds. The van der Waals surface area contributed by atoms with Crippen LogP contribution in [0, 0.1) is 0 Å².